The first-order chi connectivity index (χ1) is 13.2. The zero-order chi connectivity index (χ0) is 19.1. The summed E-state index contributed by atoms with van der Waals surface area (Å²) in [5.74, 6) is 1.07. The summed E-state index contributed by atoms with van der Waals surface area (Å²) in [6, 6.07) is 13.9. The zero-order valence-corrected chi connectivity index (χ0v) is 15.1. The van der Waals surface area contributed by atoms with Crippen molar-refractivity contribution in [2.45, 2.75) is 0 Å². The van der Waals surface area contributed by atoms with Crippen LogP contribution < -0.4 is 9.47 Å². The smallest absolute Gasteiger partial charge is 0.415 e. The van der Waals surface area contributed by atoms with Gasteiger partial charge in [-0.1, -0.05) is 18.2 Å². The molecule has 0 aliphatic carbocycles. The van der Waals surface area contributed by atoms with Gasteiger partial charge in [-0.15, -0.1) is 0 Å². The van der Waals surface area contributed by atoms with Crippen molar-refractivity contribution in [1.29, 1.82) is 0 Å². The van der Waals surface area contributed by atoms with Crippen LogP contribution >= 0.6 is 0 Å². The highest BCUT2D eigenvalue weighted by Crippen LogP contribution is 2.16. The fourth-order valence-corrected chi connectivity index (χ4v) is 2.58. The fraction of sp³-hybridized carbons (Fsp3) is 0.238. The normalized spacial score (nSPS) is 14.2. The summed E-state index contributed by atoms with van der Waals surface area (Å²) < 4.78 is 15.6. The van der Waals surface area contributed by atoms with Gasteiger partial charge in [-0.05, 0) is 48.0 Å². The third-order valence-electron chi connectivity index (χ3n) is 4.16. The third kappa shape index (κ3) is 5.18. The van der Waals surface area contributed by atoms with E-state index in [0.717, 1.165) is 5.56 Å². The summed E-state index contributed by atoms with van der Waals surface area (Å²) in [6.45, 7) is 2.13. The Balaban J connectivity index is 1.57. The van der Waals surface area contributed by atoms with Crippen molar-refractivity contribution in [3.63, 3.8) is 0 Å². The molecular weight excluding hydrogens is 346 g/mol. The highest BCUT2D eigenvalue weighted by Gasteiger charge is 2.18. The Hall–Kier alpha value is -3.12. The molecule has 6 nitrogen and oxygen atoms in total. The Morgan fingerprint density at radius 2 is 1.59 bits per heavy atom. The number of nitrogens with zero attached hydrogens (tertiary/aromatic N) is 1. The first kappa shape index (κ1) is 18.7. The molecule has 0 spiro atoms. The van der Waals surface area contributed by atoms with E-state index in [9.17, 15) is 9.59 Å². The first-order valence-electron chi connectivity index (χ1n) is 8.67. The molecule has 0 atom stereocenters. The second kappa shape index (κ2) is 9.00. The molecule has 2 aromatic rings. The number of morpholine rings is 1. The van der Waals surface area contributed by atoms with Crippen LogP contribution in [0.3, 0.4) is 0 Å². The number of methoxy groups -OCH3 is 1. The summed E-state index contributed by atoms with van der Waals surface area (Å²) in [5.41, 5.74) is 1.42. The van der Waals surface area contributed by atoms with Gasteiger partial charge in [0.05, 0.1) is 20.3 Å². The van der Waals surface area contributed by atoms with Gasteiger partial charge in [0.15, 0.2) is 5.78 Å². The van der Waals surface area contributed by atoms with Gasteiger partial charge < -0.3 is 19.1 Å². The Kier molecular flexibility index (Phi) is 6.22. The van der Waals surface area contributed by atoms with Crippen molar-refractivity contribution in [2.75, 3.05) is 33.4 Å². The molecule has 27 heavy (non-hydrogen) atoms. The van der Waals surface area contributed by atoms with Crippen LogP contribution in [-0.2, 0) is 4.74 Å². The average molecular weight is 367 g/mol. The SMILES string of the molecule is COc1ccc(C(=O)C=Cc2ccc(OC(=O)N3CCOCC3)cc2)cc1. The molecule has 1 saturated heterocycles. The van der Waals surface area contributed by atoms with E-state index in [1.165, 1.54) is 6.08 Å². The fourth-order valence-electron chi connectivity index (χ4n) is 2.58. The quantitative estimate of drug-likeness (QED) is 0.598. The van der Waals surface area contributed by atoms with Crippen molar-refractivity contribution >= 4 is 18.0 Å². The van der Waals surface area contributed by atoms with Crippen LogP contribution in [0.5, 0.6) is 11.5 Å². The van der Waals surface area contributed by atoms with Gasteiger partial charge in [-0.2, -0.15) is 0 Å². The predicted octanol–water partition coefficient (Wildman–Crippen LogP) is 3.42. The molecule has 0 radical (unpaired) electrons. The van der Waals surface area contributed by atoms with E-state index < -0.39 is 0 Å². The Labute approximate surface area is 158 Å². The number of allylic oxidation sites excluding steroid dienone is 1. The van der Waals surface area contributed by atoms with E-state index in [0.29, 0.717) is 43.4 Å². The lowest BCUT2D eigenvalue weighted by Crippen LogP contribution is -2.42. The second-order valence-electron chi connectivity index (χ2n) is 5.96. The number of hydrogen-bond acceptors (Lipinski definition) is 5. The molecule has 0 saturated carbocycles. The van der Waals surface area contributed by atoms with E-state index in [1.807, 2.05) is 0 Å². The van der Waals surface area contributed by atoms with Gasteiger partial charge in [0.1, 0.15) is 11.5 Å². The Morgan fingerprint density at radius 3 is 2.22 bits per heavy atom. The van der Waals surface area contributed by atoms with Gasteiger partial charge in [-0.25, -0.2) is 4.79 Å². The number of carbonyl (C=O) groups excluding carboxylic acids is 2. The molecule has 2 aromatic carbocycles. The summed E-state index contributed by atoms with van der Waals surface area (Å²) >= 11 is 0. The van der Waals surface area contributed by atoms with E-state index >= 15 is 0 Å². The van der Waals surface area contributed by atoms with E-state index in [-0.39, 0.29) is 11.9 Å². The molecule has 1 aliphatic heterocycles. The molecule has 1 amide bonds. The topological polar surface area (TPSA) is 65.1 Å². The minimum Gasteiger partial charge on any atom is -0.497 e. The molecule has 0 aromatic heterocycles. The molecule has 140 valence electrons. The van der Waals surface area contributed by atoms with Gasteiger partial charge in [0.25, 0.3) is 0 Å². The Morgan fingerprint density at radius 1 is 0.963 bits per heavy atom. The monoisotopic (exact) mass is 367 g/mol. The maximum atomic E-state index is 12.2. The van der Waals surface area contributed by atoms with Gasteiger partial charge >= 0.3 is 6.09 Å². The zero-order valence-electron chi connectivity index (χ0n) is 15.1. The maximum absolute atomic E-state index is 12.2. The minimum absolute atomic E-state index is 0.0968. The van der Waals surface area contributed by atoms with Crippen LogP contribution in [0.2, 0.25) is 0 Å². The van der Waals surface area contributed by atoms with Crippen LogP contribution in [0.4, 0.5) is 4.79 Å². The van der Waals surface area contributed by atoms with Crippen molar-refractivity contribution < 1.29 is 23.8 Å². The second-order valence-corrected chi connectivity index (χ2v) is 5.96. The molecule has 6 heteroatoms. The number of carbonyl (C=O) groups is 2. The van der Waals surface area contributed by atoms with E-state index in [1.54, 1.807) is 66.6 Å². The molecule has 1 heterocycles. The van der Waals surface area contributed by atoms with Crippen LogP contribution in [0.1, 0.15) is 15.9 Å². The van der Waals surface area contributed by atoms with Crippen LogP contribution in [-0.4, -0.2) is 50.2 Å². The molecule has 0 unspecified atom stereocenters. The van der Waals surface area contributed by atoms with Crippen molar-refractivity contribution in [3.05, 3.63) is 65.7 Å². The Bertz CT molecular complexity index is 805. The molecule has 0 bridgehead atoms. The molecule has 0 N–H and O–H groups in total. The standard InChI is InChI=1S/C21H21NO5/c1-25-18-9-5-17(6-10-18)20(23)11-4-16-2-7-19(8-3-16)27-21(24)22-12-14-26-15-13-22/h2-11H,12-15H2,1H3. The maximum Gasteiger partial charge on any atom is 0.415 e. The number of ketones is 1. The van der Waals surface area contributed by atoms with Crippen molar-refractivity contribution in [3.8, 4) is 11.5 Å². The summed E-state index contributed by atoms with van der Waals surface area (Å²) in [6.07, 6.45) is 2.85. The summed E-state index contributed by atoms with van der Waals surface area (Å²) in [7, 11) is 1.58. The van der Waals surface area contributed by atoms with Gasteiger partial charge in [-0.3, -0.25) is 4.79 Å². The predicted molar refractivity (Wildman–Crippen MR) is 101 cm³/mol. The van der Waals surface area contributed by atoms with Crippen LogP contribution in [0.25, 0.3) is 6.08 Å². The summed E-state index contributed by atoms with van der Waals surface area (Å²) in [5, 5.41) is 0. The molecule has 1 aliphatic rings. The number of hydrogen-bond donors (Lipinski definition) is 0. The van der Waals surface area contributed by atoms with Gasteiger partial charge in [0, 0.05) is 18.7 Å². The highest BCUT2D eigenvalue weighted by molar-refractivity contribution is 6.06. The van der Waals surface area contributed by atoms with E-state index in [2.05, 4.69) is 0 Å². The molecule has 3 rings (SSSR count). The average Bonchev–Trinajstić information content (AvgIpc) is 2.73. The first-order valence-corrected chi connectivity index (χ1v) is 8.67. The van der Waals surface area contributed by atoms with Crippen LogP contribution in [0.15, 0.2) is 54.6 Å². The minimum atomic E-state index is -0.378. The lowest BCUT2D eigenvalue weighted by atomic mass is 10.1. The highest BCUT2D eigenvalue weighted by atomic mass is 16.6. The number of rotatable bonds is 5. The van der Waals surface area contributed by atoms with Crippen molar-refractivity contribution in [1.82, 2.24) is 4.90 Å². The van der Waals surface area contributed by atoms with Crippen LogP contribution in [0, 0.1) is 0 Å². The van der Waals surface area contributed by atoms with Gasteiger partial charge in [0.2, 0.25) is 0 Å². The number of ether oxygens (including phenoxy) is 3. The lowest BCUT2D eigenvalue weighted by molar-refractivity contribution is 0.0416. The lowest BCUT2D eigenvalue weighted by Gasteiger charge is -2.25. The number of benzene rings is 2. The largest absolute Gasteiger partial charge is 0.497 e. The molecule has 1 fully saturated rings. The summed E-state index contributed by atoms with van der Waals surface area (Å²) in [4.78, 5) is 25.9. The van der Waals surface area contributed by atoms with E-state index in [4.69, 9.17) is 14.2 Å². The number of amides is 1. The third-order valence-corrected chi connectivity index (χ3v) is 4.16. The van der Waals surface area contributed by atoms with Crippen molar-refractivity contribution in [2.24, 2.45) is 0 Å². The molecular formula is C21H21NO5.